The molecule has 3 fully saturated rings. The fourth-order valence-electron chi connectivity index (χ4n) is 5.20. The Labute approximate surface area is 195 Å². The van der Waals surface area contributed by atoms with Gasteiger partial charge in [-0.3, -0.25) is 24.6 Å². The van der Waals surface area contributed by atoms with Crippen molar-refractivity contribution < 1.29 is 9.59 Å². The van der Waals surface area contributed by atoms with E-state index in [1.54, 1.807) is 11.3 Å². The molecule has 2 amide bonds. The number of amides is 2. The predicted molar refractivity (Wildman–Crippen MR) is 127 cm³/mol. The number of aromatic amines is 1. The van der Waals surface area contributed by atoms with Crippen LogP contribution in [0.4, 0.5) is 0 Å². The van der Waals surface area contributed by atoms with Crippen LogP contribution >= 0.6 is 11.3 Å². The van der Waals surface area contributed by atoms with Gasteiger partial charge < -0.3 is 4.90 Å². The zero-order chi connectivity index (χ0) is 22.2. The summed E-state index contributed by atoms with van der Waals surface area (Å²) in [6.45, 7) is 2.24. The number of thiophene rings is 1. The van der Waals surface area contributed by atoms with Crippen molar-refractivity contribution >= 4 is 39.9 Å². The molecule has 4 aliphatic rings. The van der Waals surface area contributed by atoms with E-state index in [0.29, 0.717) is 18.4 Å². The highest BCUT2D eigenvalue weighted by atomic mass is 32.1. The summed E-state index contributed by atoms with van der Waals surface area (Å²) >= 11 is 1.68. The maximum absolute atomic E-state index is 13.3. The van der Waals surface area contributed by atoms with E-state index in [-0.39, 0.29) is 11.8 Å². The van der Waals surface area contributed by atoms with Crippen LogP contribution in [0.5, 0.6) is 0 Å². The first-order chi connectivity index (χ1) is 16.1. The minimum atomic E-state index is -0.517. The number of amidine groups is 1. The number of fused-ring (bicyclic) bond motifs is 1. The molecule has 2 saturated carbocycles. The van der Waals surface area contributed by atoms with Crippen molar-refractivity contribution in [1.82, 2.24) is 20.0 Å². The summed E-state index contributed by atoms with van der Waals surface area (Å²) in [6.07, 6.45) is 6.57. The number of hydrogen-bond acceptors (Lipinski definition) is 5. The lowest BCUT2D eigenvalue weighted by Crippen LogP contribution is -2.40. The Morgan fingerprint density at radius 3 is 2.82 bits per heavy atom. The largest absolute Gasteiger partial charge is 0.342 e. The van der Waals surface area contributed by atoms with Crippen LogP contribution in [0, 0.1) is 11.8 Å². The highest BCUT2D eigenvalue weighted by Crippen LogP contribution is 2.47. The molecule has 0 bridgehead atoms. The second-order valence-corrected chi connectivity index (χ2v) is 11.0. The minimum absolute atomic E-state index is 0.152. The average molecular weight is 460 g/mol. The number of H-pyrrole nitrogens is 1. The molecule has 8 heteroatoms. The molecule has 4 heterocycles. The smallest absolute Gasteiger partial charge is 0.256 e. The normalized spacial score (nSPS) is 23.7. The van der Waals surface area contributed by atoms with Crippen molar-refractivity contribution in [2.75, 3.05) is 19.6 Å². The molecule has 1 atom stereocenters. The second kappa shape index (κ2) is 7.00. The van der Waals surface area contributed by atoms with Gasteiger partial charge in [0.25, 0.3) is 5.91 Å². The zero-order valence-electron chi connectivity index (χ0n) is 18.3. The summed E-state index contributed by atoms with van der Waals surface area (Å²) in [5, 5.41) is 8.19. The van der Waals surface area contributed by atoms with E-state index >= 15 is 0 Å². The second-order valence-electron chi connectivity index (χ2n) is 9.93. The monoisotopic (exact) mass is 459 g/mol. The third kappa shape index (κ3) is 3.22. The number of nitrogens with zero attached hydrogens (tertiary/aromatic N) is 4. The summed E-state index contributed by atoms with van der Waals surface area (Å²) in [6, 6.07) is 10.5. The highest BCUT2D eigenvalue weighted by Gasteiger charge is 2.57. The van der Waals surface area contributed by atoms with Gasteiger partial charge in [-0.05, 0) is 67.9 Å². The minimum Gasteiger partial charge on any atom is -0.342 e. The molecule has 1 spiro atoms. The highest BCUT2D eigenvalue weighted by molar-refractivity contribution is 7.17. The third-order valence-electron chi connectivity index (χ3n) is 7.46. The quantitative estimate of drug-likeness (QED) is 0.632. The molecule has 33 heavy (non-hydrogen) atoms. The number of benzene rings is 1. The molecule has 0 radical (unpaired) electrons. The Morgan fingerprint density at radius 2 is 2.00 bits per heavy atom. The van der Waals surface area contributed by atoms with E-state index in [4.69, 9.17) is 4.99 Å². The first kappa shape index (κ1) is 19.5. The van der Waals surface area contributed by atoms with Crippen LogP contribution in [0.2, 0.25) is 0 Å². The molecule has 1 N–H and O–H groups in total. The van der Waals surface area contributed by atoms with Crippen molar-refractivity contribution in [3.8, 4) is 10.4 Å². The number of nitrogens with one attached hydrogen (secondary N) is 1. The first-order valence-corrected chi connectivity index (χ1v) is 12.7. The van der Waals surface area contributed by atoms with E-state index in [1.807, 2.05) is 22.1 Å². The number of likely N-dealkylation sites (tertiary alicyclic amines) is 1. The fourth-order valence-corrected chi connectivity index (χ4v) is 6.20. The lowest BCUT2D eigenvalue weighted by atomic mass is 10.1. The average Bonchev–Trinajstić information content (AvgIpc) is 3.59. The molecule has 2 aromatic heterocycles. The number of aliphatic imine (C=N–C) groups is 1. The third-order valence-corrected chi connectivity index (χ3v) is 8.59. The molecule has 3 aromatic rings. The van der Waals surface area contributed by atoms with Gasteiger partial charge in [-0.15, -0.1) is 11.3 Å². The van der Waals surface area contributed by atoms with Crippen LogP contribution in [0.1, 0.15) is 37.0 Å². The van der Waals surface area contributed by atoms with Gasteiger partial charge in [0.05, 0.1) is 16.6 Å². The Morgan fingerprint density at radius 1 is 1.15 bits per heavy atom. The number of carbonyl (C=O) groups excluding carboxylic acids is 2. The first-order valence-electron chi connectivity index (χ1n) is 11.8. The standard InChI is InChI=1S/C25H25N5O2S/c31-23(16-1-2-16)29-10-7-15(13-29)14-30-22(27-25(8-9-25)24(30)32)21-6-5-20(33-21)17-3-4-19-18(11-17)12-26-28-19/h3-6,11-12,15-16H,1-2,7-10,13-14H2,(H,26,28). The van der Waals surface area contributed by atoms with Crippen molar-refractivity contribution in [3.63, 3.8) is 0 Å². The molecular formula is C25H25N5O2S. The van der Waals surface area contributed by atoms with Crippen LogP contribution < -0.4 is 0 Å². The molecule has 2 aliphatic heterocycles. The van der Waals surface area contributed by atoms with E-state index in [1.165, 1.54) is 0 Å². The lowest BCUT2D eigenvalue weighted by molar-refractivity contribution is -0.131. The van der Waals surface area contributed by atoms with E-state index < -0.39 is 5.54 Å². The Kier molecular flexibility index (Phi) is 4.13. The van der Waals surface area contributed by atoms with Crippen molar-refractivity contribution in [2.24, 2.45) is 16.8 Å². The van der Waals surface area contributed by atoms with Crippen molar-refractivity contribution in [1.29, 1.82) is 0 Å². The summed E-state index contributed by atoms with van der Waals surface area (Å²) in [7, 11) is 0. The molecule has 2 aliphatic carbocycles. The van der Waals surface area contributed by atoms with Gasteiger partial charge in [0.2, 0.25) is 5.91 Å². The topological polar surface area (TPSA) is 81.7 Å². The van der Waals surface area contributed by atoms with Gasteiger partial charge in [-0.1, -0.05) is 6.07 Å². The molecule has 1 aromatic carbocycles. The molecule has 168 valence electrons. The molecular weight excluding hydrogens is 434 g/mol. The SMILES string of the molecule is O=C(C1CC1)N1CCC(CN2C(=O)C3(CC3)N=C2c2ccc(-c3ccc4[nH]ncc4c3)s2)C1. The van der Waals surface area contributed by atoms with E-state index in [9.17, 15) is 9.59 Å². The van der Waals surface area contributed by atoms with Crippen LogP contribution in [0.3, 0.4) is 0 Å². The van der Waals surface area contributed by atoms with Gasteiger partial charge in [0, 0.05) is 35.8 Å². The summed E-state index contributed by atoms with van der Waals surface area (Å²) in [5.74, 6) is 1.87. The molecule has 1 unspecified atom stereocenters. The Balaban J connectivity index is 1.14. The van der Waals surface area contributed by atoms with Gasteiger partial charge in [0.1, 0.15) is 11.4 Å². The summed E-state index contributed by atoms with van der Waals surface area (Å²) in [4.78, 5) is 36.9. The number of rotatable bonds is 5. The molecule has 7 rings (SSSR count). The maximum atomic E-state index is 13.3. The lowest BCUT2D eigenvalue weighted by Gasteiger charge is -2.23. The van der Waals surface area contributed by atoms with Crippen molar-refractivity contribution in [2.45, 2.75) is 37.6 Å². The fraction of sp³-hybridized carbons (Fsp3) is 0.440. The Hall–Kier alpha value is -3.00. The predicted octanol–water partition coefficient (Wildman–Crippen LogP) is 3.67. The summed E-state index contributed by atoms with van der Waals surface area (Å²) < 4.78 is 0. The van der Waals surface area contributed by atoms with E-state index in [2.05, 4.69) is 34.5 Å². The van der Waals surface area contributed by atoms with Crippen LogP contribution in [-0.2, 0) is 9.59 Å². The maximum Gasteiger partial charge on any atom is 0.256 e. The molecule has 1 saturated heterocycles. The van der Waals surface area contributed by atoms with Crippen LogP contribution in [0.25, 0.3) is 21.3 Å². The van der Waals surface area contributed by atoms with Gasteiger partial charge in [-0.2, -0.15) is 5.10 Å². The van der Waals surface area contributed by atoms with Crippen molar-refractivity contribution in [3.05, 3.63) is 41.4 Å². The van der Waals surface area contributed by atoms with Crippen LogP contribution in [-0.4, -0.2) is 62.8 Å². The van der Waals surface area contributed by atoms with E-state index in [0.717, 1.165) is 77.2 Å². The number of carbonyl (C=O) groups is 2. The molecule has 7 nitrogen and oxygen atoms in total. The summed E-state index contributed by atoms with van der Waals surface area (Å²) in [5.41, 5.74) is 1.65. The Bertz CT molecular complexity index is 1320. The van der Waals surface area contributed by atoms with Gasteiger partial charge >= 0.3 is 0 Å². The number of aromatic nitrogens is 2. The zero-order valence-corrected chi connectivity index (χ0v) is 19.1. The van der Waals surface area contributed by atoms with Gasteiger partial charge in [0.15, 0.2) is 0 Å². The number of hydrogen-bond donors (Lipinski definition) is 1. The van der Waals surface area contributed by atoms with Gasteiger partial charge in [-0.25, -0.2) is 0 Å². The van der Waals surface area contributed by atoms with Crippen LogP contribution in [0.15, 0.2) is 41.5 Å².